The number of nitrogens with zero attached hydrogens (tertiary/aromatic N) is 1. The smallest absolute Gasteiger partial charge is 0.159 e. The summed E-state index contributed by atoms with van der Waals surface area (Å²) in [4.78, 5) is 2.51. The van der Waals surface area contributed by atoms with Gasteiger partial charge in [-0.3, -0.25) is 0 Å². The van der Waals surface area contributed by atoms with Crippen molar-refractivity contribution < 1.29 is 4.42 Å². The maximum atomic E-state index is 7.27. The van der Waals surface area contributed by atoms with E-state index in [1.807, 2.05) is 0 Å². The molecule has 2 nitrogen and oxygen atoms in total. The maximum absolute atomic E-state index is 7.27. The van der Waals surface area contributed by atoms with Crippen molar-refractivity contribution in [2.45, 2.75) is 96.7 Å². The van der Waals surface area contributed by atoms with Gasteiger partial charge in [-0.2, -0.15) is 0 Å². The first-order valence-corrected chi connectivity index (χ1v) is 30.3. The van der Waals surface area contributed by atoms with Crippen molar-refractivity contribution in [3.63, 3.8) is 0 Å². The fraction of sp³-hybridized carbons (Fsp3) is 0.211. The van der Waals surface area contributed by atoms with E-state index in [9.17, 15) is 0 Å². The van der Waals surface area contributed by atoms with Crippen molar-refractivity contribution in [3.05, 3.63) is 214 Å². The van der Waals surface area contributed by atoms with E-state index in [2.05, 4.69) is 250 Å². The molecule has 1 heterocycles. The van der Waals surface area contributed by atoms with Crippen molar-refractivity contribution in [2.24, 2.45) is 0 Å². The number of furan rings is 1. The van der Waals surface area contributed by atoms with Crippen LogP contribution in [0.3, 0.4) is 0 Å². The van der Waals surface area contributed by atoms with Gasteiger partial charge in [-0.25, -0.2) is 0 Å². The number of rotatable bonds is 4. The molecule has 0 N–H and O–H groups in total. The minimum absolute atomic E-state index is 0.137. The second kappa shape index (κ2) is 14.2. The van der Waals surface area contributed by atoms with Gasteiger partial charge in [-0.05, 0) is 170 Å². The van der Waals surface area contributed by atoms with Crippen LogP contribution in [0.4, 0.5) is 17.1 Å². The van der Waals surface area contributed by atoms with E-state index in [0.717, 1.165) is 33.6 Å². The van der Waals surface area contributed by atoms with Crippen LogP contribution in [0.1, 0.15) is 99.9 Å². The Bertz CT molecular complexity index is 4140. The van der Waals surface area contributed by atoms with Crippen LogP contribution in [-0.4, -0.2) is 8.07 Å². The van der Waals surface area contributed by atoms with Gasteiger partial charge >= 0.3 is 0 Å². The Hall–Kier alpha value is -7.46. The van der Waals surface area contributed by atoms with E-state index in [0.29, 0.717) is 0 Å². The Morgan fingerprint density at radius 1 is 0.338 bits per heavy atom. The molecule has 0 amide bonds. The summed E-state index contributed by atoms with van der Waals surface area (Å²) in [5, 5.41) is 9.03. The summed E-state index contributed by atoms with van der Waals surface area (Å²) in [6, 6.07) is 65.5. The molecule has 0 radical (unpaired) electrons. The van der Waals surface area contributed by atoms with E-state index >= 15 is 0 Å². The lowest BCUT2D eigenvalue weighted by atomic mass is 9.78. The number of hydrogen-bond acceptors (Lipinski definition) is 2. The van der Waals surface area contributed by atoms with Gasteiger partial charge in [0.05, 0.1) is 13.8 Å². The molecule has 4 aliphatic carbocycles. The van der Waals surface area contributed by atoms with E-state index in [1.165, 1.54) is 121 Å². The van der Waals surface area contributed by atoms with Crippen LogP contribution in [-0.2, 0) is 21.7 Å². The molecule has 0 atom stereocenters. The first kappa shape index (κ1) is 44.1. The fourth-order valence-corrected chi connectivity index (χ4v) is 16.4. The maximum Gasteiger partial charge on any atom is 0.159 e. The van der Waals surface area contributed by atoms with Crippen LogP contribution in [0.2, 0.25) is 19.6 Å². The minimum Gasteiger partial charge on any atom is -0.454 e. The topological polar surface area (TPSA) is 16.4 Å². The second-order valence-electron chi connectivity index (χ2n) is 25.3. The van der Waals surface area contributed by atoms with E-state index in [1.54, 1.807) is 0 Å². The lowest BCUT2D eigenvalue weighted by Crippen LogP contribution is -2.37. The average molecular weight is 972 g/mol. The van der Waals surface area contributed by atoms with Crippen LogP contribution in [0, 0.1) is 0 Å². The molecule has 3 heteroatoms. The Morgan fingerprint density at radius 2 is 0.730 bits per heavy atom. The molecule has 360 valence electrons. The van der Waals surface area contributed by atoms with Crippen molar-refractivity contribution in [2.75, 3.05) is 4.90 Å². The highest BCUT2D eigenvalue weighted by Gasteiger charge is 2.45. The van der Waals surface area contributed by atoms with Crippen LogP contribution in [0.15, 0.2) is 174 Å². The van der Waals surface area contributed by atoms with Gasteiger partial charge in [0, 0.05) is 43.8 Å². The minimum atomic E-state index is -1.75. The number of para-hydroxylation sites is 2. The summed E-state index contributed by atoms with van der Waals surface area (Å²) in [5.41, 5.74) is 26.6. The molecule has 0 saturated carbocycles. The summed E-state index contributed by atoms with van der Waals surface area (Å²) >= 11 is 0. The lowest BCUT2D eigenvalue weighted by Gasteiger charge is -2.29. The summed E-state index contributed by atoms with van der Waals surface area (Å²) in [7, 11) is -1.75. The van der Waals surface area contributed by atoms with Crippen LogP contribution in [0.25, 0.3) is 88.0 Å². The molecular formula is C71H61NOSi. The van der Waals surface area contributed by atoms with Gasteiger partial charge < -0.3 is 9.32 Å². The Kier molecular flexibility index (Phi) is 8.47. The molecule has 15 rings (SSSR count). The summed E-state index contributed by atoms with van der Waals surface area (Å²) in [5.74, 6) is 0. The van der Waals surface area contributed by atoms with Crippen molar-refractivity contribution >= 4 is 73.8 Å². The molecule has 4 aliphatic rings. The molecule has 0 bridgehead atoms. The second-order valence-corrected chi connectivity index (χ2v) is 30.3. The standard InChI is InChI=1S/C71H61NOSi/c1-68(2)56-34-42(28-32-46(56)52-36-60-54(38-58(52)68)48-30-26-40-18-12-14-20-44(40)64(48)70(60,5)6)72(62-24-16-22-50-51-23-17-25-63(74(9,10)11)67(51)73-66(50)62)43-29-33-47-53-37-61-55(39-59(53)69(3,4)57(47)35-43)49-31-27-41-19-13-15-21-45(41)65(49)71(61,7)8/h12-39H,1-11H3. The molecule has 0 spiro atoms. The van der Waals surface area contributed by atoms with E-state index in [-0.39, 0.29) is 21.7 Å². The molecule has 0 unspecified atom stereocenters. The largest absolute Gasteiger partial charge is 0.454 e. The molecular weight excluding hydrogens is 911 g/mol. The molecule has 0 fully saturated rings. The van der Waals surface area contributed by atoms with Gasteiger partial charge in [0.1, 0.15) is 5.58 Å². The third kappa shape index (κ3) is 5.56. The predicted octanol–water partition coefficient (Wildman–Crippen LogP) is 19.1. The van der Waals surface area contributed by atoms with Gasteiger partial charge in [0.15, 0.2) is 5.58 Å². The van der Waals surface area contributed by atoms with Gasteiger partial charge in [0.25, 0.3) is 0 Å². The summed E-state index contributed by atoms with van der Waals surface area (Å²) in [6.07, 6.45) is 0. The first-order valence-electron chi connectivity index (χ1n) is 26.8. The third-order valence-electron chi connectivity index (χ3n) is 18.7. The monoisotopic (exact) mass is 971 g/mol. The SMILES string of the molecule is CC1(C)c2cc(N(c3ccc4c(c3)C(C)(C)c3cc5c(cc3-4)C(C)(C)c3c-5ccc4ccccc34)c3cccc4c3oc3c([Si](C)(C)C)cccc34)ccc2-c2cc3c(cc21)-c1ccc2ccccc2c1C3(C)C. The van der Waals surface area contributed by atoms with Gasteiger partial charge in [0.2, 0.25) is 0 Å². The zero-order chi connectivity index (χ0) is 50.7. The third-order valence-corrected chi connectivity index (χ3v) is 20.7. The number of hydrogen-bond donors (Lipinski definition) is 0. The summed E-state index contributed by atoms with van der Waals surface area (Å²) < 4.78 is 7.27. The molecule has 0 aliphatic heterocycles. The first-order chi connectivity index (χ1) is 35.3. The number of benzene rings is 10. The highest BCUT2D eigenvalue weighted by atomic mass is 28.3. The zero-order valence-corrected chi connectivity index (χ0v) is 45.5. The van der Waals surface area contributed by atoms with Crippen LogP contribution in [0.5, 0.6) is 0 Å². The number of anilines is 3. The molecule has 10 aromatic carbocycles. The average Bonchev–Trinajstić information content (AvgIpc) is 4.10. The predicted molar refractivity (Wildman–Crippen MR) is 317 cm³/mol. The van der Waals surface area contributed by atoms with E-state index < -0.39 is 8.07 Å². The Balaban J connectivity index is 0.912. The number of fused-ring (bicyclic) bond motifs is 19. The molecule has 11 aromatic rings. The van der Waals surface area contributed by atoms with Crippen LogP contribution < -0.4 is 10.1 Å². The van der Waals surface area contributed by atoms with Gasteiger partial charge in [-0.1, -0.05) is 190 Å². The zero-order valence-electron chi connectivity index (χ0n) is 44.5. The van der Waals surface area contributed by atoms with Gasteiger partial charge in [-0.15, -0.1) is 0 Å². The quantitative estimate of drug-likeness (QED) is 0.163. The summed E-state index contributed by atoms with van der Waals surface area (Å²) in [6.45, 7) is 26.7. The van der Waals surface area contributed by atoms with Crippen molar-refractivity contribution in [1.29, 1.82) is 0 Å². The Morgan fingerprint density at radius 3 is 1.22 bits per heavy atom. The van der Waals surface area contributed by atoms with E-state index in [4.69, 9.17) is 4.42 Å². The van der Waals surface area contributed by atoms with Crippen molar-refractivity contribution in [1.82, 2.24) is 0 Å². The molecule has 1 aromatic heterocycles. The molecule has 0 saturated heterocycles. The van der Waals surface area contributed by atoms with Crippen molar-refractivity contribution in [3.8, 4) is 44.5 Å². The highest BCUT2D eigenvalue weighted by Crippen LogP contribution is 2.60. The normalized spacial score (nSPS) is 16.5. The van der Waals surface area contributed by atoms with Crippen LogP contribution >= 0.6 is 0 Å². The lowest BCUT2D eigenvalue weighted by molar-refractivity contribution is 0.654. The Labute approximate surface area is 436 Å². The molecule has 74 heavy (non-hydrogen) atoms. The highest BCUT2D eigenvalue weighted by molar-refractivity contribution is 6.90. The fourth-order valence-electron chi connectivity index (χ4n) is 14.9.